The van der Waals surface area contributed by atoms with Crippen LogP contribution in [0.4, 0.5) is 11.5 Å². The van der Waals surface area contributed by atoms with Gasteiger partial charge in [-0.3, -0.25) is 4.79 Å². The fraction of sp³-hybridized carbons (Fsp3) is 0.312. The van der Waals surface area contributed by atoms with Gasteiger partial charge in [-0.15, -0.1) is 10.2 Å². The molecule has 6 heteroatoms. The van der Waals surface area contributed by atoms with Crippen LogP contribution in [0.5, 0.6) is 0 Å². The highest BCUT2D eigenvalue weighted by molar-refractivity contribution is 6.02. The molecule has 0 saturated carbocycles. The van der Waals surface area contributed by atoms with Crippen molar-refractivity contribution in [2.24, 2.45) is 0 Å². The second kappa shape index (κ2) is 8.09. The van der Waals surface area contributed by atoms with Crippen LogP contribution in [0.25, 0.3) is 0 Å². The molecule has 116 valence electrons. The molecule has 6 nitrogen and oxygen atoms in total. The van der Waals surface area contributed by atoms with Crippen LogP contribution < -0.4 is 10.2 Å². The van der Waals surface area contributed by atoms with E-state index in [1.807, 2.05) is 49.2 Å². The van der Waals surface area contributed by atoms with Crippen molar-refractivity contribution in [1.82, 2.24) is 10.2 Å². The molecule has 2 aromatic rings. The molecule has 1 N–H and O–H groups in total. The maximum atomic E-state index is 12.1. The number of nitrogens with one attached hydrogen (secondary N) is 1. The van der Waals surface area contributed by atoms with E-state index in [2.05, 4.69) is 15.5 Å². The molecule has 0 spiro atoms. The van der Waals surface area contributed by atoms with Gasteiger partial charge in [0.15, 0.2) is 11.5 Å². The highest BCUT2D eigenvalue weighted by atomic mass is 16.5. The van der Waals surface area contributed by atoms with Crippen molar-refractivity contribution in [3.63, 3.8) is 0 Å². The molecule has 1 heterocycles. The van der Waals surface area contributed by atoms with Gasteiger partial charge in [0, 0.05) is 25.9 Å². The molecule has 22 heavy (non-hydrogen) atoms. The van der Waals surface area contributed by atoms with Crippen LogP contribution in [0.2, 0.25) is 0 Å². The topological polar surface area (TPSA) is 67.3 Å². The van der Waals surface area contributed by atoms with E-state index < -0.39 is 0 Å². The lowest BCUT2D eigenvalue weighted by Gasteiger charge is -2.17. The van der Waals surface area contributed by atoms with E-state index in [1.54, 1.807) is 12.1 Å². The van der Waals surface area contributed by atoms with Crippen molar-refractivity contribution in [3.05, 3.63) is 48.2 Å². The quantitative estimate of drug-likeness (QED) is 0.794. The predicted molar refractivity (Wildman–Crippen MR) is 86.2 cm³/mol. The third-order valence-electron chi connectivity index (χ3n) is 3.08. The minimum atomic E-state index is -0.276. The van der Waals surface area contributed by atoms with Gasteiger partial charge in [-0.25, -0.2) is 0 Å². The first-order valence-corrected chi connectivity index (χ1v) is 7.19. The Morgan fingerprint density at radius 2 is 1.95 bits per heavy atom. The molecule has 2 rings (SSSR count). The SMILES string of the molecule is CCOCCN(C)c1ccc(C(=O)Nc2ccccc2)nn1. The summed E-state index contributed by atoms with van der Waals surface area (Å²) in [6.45, 7) is 4.00. The highest BCUT2D eigenvalue weighted by Gasteiger charge is 2.10. The average Bonchev–Trinajstić information content (AvgIpc) is 2.56. The number of carbonyl (C=O) groups excluding carboxylic acids is 1. The molecule has 0 saturated heterocycles. The molecule has 0 aliphatic rings. The summed E-state index contributed by atoms with van der Waals surface area (Å²) < 4.78 is 5.30. The summed E-state index contributed by atoms with van der Waals surface area (Å²) in [5, 5.41) is 10.8. The molecule has 0 unspecified atom stereocenters. The third-order valence-corrected chi connectivity index (χ3v) is 3.08. The monoisotopic (exact) mass is 300 g/mol. The van der Waals surface area contributed by atoms with Crippen molar-refractivity contribution in [2.75, 3.05) is 37.0 Å². The zero-order valence-electron chi connectivity index (χ0n) is 12.8. The first kappa shape index (κ1) is 15.9. The zero-order valence-corrected chi connectivity index (χ0v) is 12.8. The number of carbonyl (C=O) groups is 1. The highest BCUT2D eigenvalue weighted by Crippen LogP contribution is 2.10. The van der Waals surface area contributed by atoms with Gasteiger partial charge in [0.2, 0.25) is 0 Å². The fourth-order valence-corrected chi connectivity index (χ4v) is 1.83. The number of hydrogen-bond donors (Lipinski definition) is 1. The number of rotatable bonds is 7. The van der Waals surface area contributed by atoms with Crippen molar-refractivity contribution >= 4 is 17.4 Å². The minimum absolute atomic E-state index is 0.276. The molecule has 0 aliphatic carbocycles. The smallest absolute Gasteiger partial charge is 0.276 e. The summed E-state index contributed by atoms with van der Waals surface area (Å²) in [4.78, 5) is 14.0. The first-order chi connectivity index (χ1) is 10.7. The number of likely N-dealkylation sites (N-methyl/N-ethyl adjacent to an activating group) is 1. The first-order valence-electron chi connectivity index (χ1n) is 7.19. The van der Waals surface area contributed by atoms with Crippen LogP contribution in [0, 0.1) is 0 Å². The Morgan fingerprint density at radius 1 is 1.18 bits per heavy atom. The largest absolute Gasteiger partial charge is 0.380 e. The summed E-state index contributed by atoms with van der Waals surface area (Å²) in [5.74, 6) is 0.429. The van der Waals surface area contributed by atoms with E-state index in [4.69, 9.17) is 4.74 Å². The van der Waals surface area contributed by atoms with E-state index in [-0.39, 0.29) is 11.6 Å². The van der Waals surface area contributed by atoms with Crippen LogP contribution in [-0.4, -0.2) is 42.9 Å². The average molecular weight is 300 g/mol. The maximum Gasteiger partial charge on any atom is 0.276 e. The Kier molecular flexibility index (Phi) is 5.85. The Balaban J connectivity index is 1.94. The lowest BCUT2D eigenvalue weighted by molar-refractivity contribution is 0.102. The van der Waals surface area contributed by atoms with Crippen molar-refractivity contribution in [1.29, 1.82) is 0 Å². The van der Waals surface area contributed by atoms with Gasteiger partial charge >= 0.3 is 0 Å². The summed E-state index contributed by atoms with van der Waals surface area (Å²) in [6, 6.07) is 12.7. The number of nitrogens with zero attached hydrogens (tertiary/aromatic N) is 3. The lowest BCUT2D eigenvalue weighted by atomic mass is 10.3. The number of amides is 1. The predicted octanol–water partition coefficient (Wildman–Crippen LogP) is 2.20. The van der Waals surface area contributed by atoms with Gasteiger partial charge in [-0.05, 0) is 31.2 Å². The molecule has 0 fully saturated rings. The number of para-hydroxylation sites is 1. The van der Waals surface area contributed by atoms with Gasteiger partial charge in [0.05, 0.1) is 6.61 Å². The Morgan fingerprint density at radius 3 is 2.59 bits per heavy atom. The summed E-state index contributed by atoms with van der Waals surface area (Å²) in [6.07, 6.45) is 0. The van der Waals surface area contributed by atoms with Crippen LogP contribution >= 0.6 is 0 Å². The molecule has 1 aromatic heterocycles. The van der Waals surface area contributed by atoms with Gasteiger partial charge < -0.3 is 15.0 Å². The number of anilines is 2. The number of benzene rings is 1. The number of aromatic nitrogens is 2. The molecule has 0 aliphatic heterocycles. The van der Waals surface area contributed by atoms with Gasteiger partial charge in [-0.2, -0.15) is 0 Å². The van der Waals surface area contributed by atoms with E-state index in [0.717, 1.165) is 12.2 Å². The Hall–Kier alpha value is -2.47. The van der Waals surface area contributed by atoms with Crippen LogP contribution in [-0.2, 0) is 4.74 Å². The van der Waals surface area contributed by atoms with Crippen LogP contribution in [0.15, 0.2) is 42.5 Å². The fourth-order valence-electron chi connectivity index (χ4n) is 1.83. The zero-order chi connectivity index (χ0) is 15.8. The van der Waals surface area contributed by atoms with Crippen LogP contribution in [0.1, 0.15) is 17.4 Å². The second-order valence-corrected chi connectivity index (χ2v) is 4.72. The number of ether oxygens (including phenoxy) is 1. The Bertz CT molecular complexity index is 587. The van der Waals surface area contributed by atoms with E-state index in [9.17, 15) is 4.79 Å². The van der Waals surface area contributed by atoms with Crippen molar-refractivity contribution in [3.8, 4) is 0 Å². The van der Waals surface area contributed by atoms with Crippen molar-refractivity contribution in [2.45, 2.75) is 6.92 Å². The molecular formula is C16H20N4O2. The van der Waals surface area contributed by atoms with E-state index in [1.165, 1.54) is 0 Å². The molecular weight excluding hydrogens is 280 g/mol. The molecule has 0 radical (unpaired) electrons. The minimum Gasteiger partial charge on any atom is -0.380 e. The van der Waals surface area contributed by atoms with Gasteiger partial charge in [0.25, 0.3) is 5.91 Å². The lowest BCUT2D eigenvalue weighted by Crippen LogP contribution is -2.24. The summed E-state index contributed by atoms with van der Waals surface area (Å²) >= 11 is 0. The van der Waals surface area contributed by atoms with Crippen molar-refractivity contribution < 1.29 is 9.53 Å². The molecule has 1 aromatic carbocycles. The second-order valence-electron chi connectivity index (χ2n) is 4.72. The number of hydrogen-bond acceptors (Lipinski definition) is 5. The summed E-state index contributed by atoms with van der Waals surface area (Å²) in [5.41, 5.74) is 1.01. The van der Waals surface area contributed by atoms with Crippen LogP contribution in [0.3, 0.4) is 0 Å². The summed E-state index contributed by atoms with van der Waals surface area (Å²) in [7, 11) is 1.91. The molecule has 1 amide bonds. The third kappa shape index (κ3) is 4.53. The van der Waals surface area contributed by atoms with E-state index in [0.29, 0.717) is 19.0 Å². The van der Waals surface area contributed by atoms with Gasteiger partial charge in [-0.1, -0.05) is 18.2 Å². The normalized spacial score (nSPS) is 10.3. The molecule has 0 bridgehead atoms. The standard InChI is InChI=1S/C16H20N4O2/c1-3-22-12-11-20(2)15-10-9-14(18-19-15)16(21)17-13-7-5-4-6-8-13/h4-10H,3,11-12H2,1-2H3,(H,17,21). The van der Waals surface area contributed by atoms with Gasteiger partial charge in [0.1, 0.15) is 0 Å². The molecule has 0 atom stereocenters. The van der Waals surface area contributed by atoms with E-state index >= 15 is 0 Å². The Labute approximate surface area is 130 Å². The maximum absolute atomic E-state index is 12.1.